The predicted molar refractivity (Wildman–Crippen MR) is 146 cm³/mol. The van der Waals surface area contributed by atoms with Gasteiger partial charge in [0.15, 0.2) is 5.75 Å². The molecular weight excluding hydrogens is 555 g/mol. The lowest BCUT2D eigenvalue weighted by Gasteiger charge is -2.22. The number of aromatic nitrogens is 2. The Bertz CT molecular complexity index is 1580. The molecule has 0 radical (unpaired) electrons. The van der Waals surface area contributed by atoms with Crippen molar-refractivity contribution in [3.63, 3.8) is 0 Å². The maximum Gasteiger partial charge on any atom is 0.311 e. The van der Waals surface area contributed by atoms with Gasteiger partial charge in [0.05, 0.1) is 22.0 Å². The van der Waals surface area contributed by atoms with Gasteiger partial charge in [0.2, 0.25) is 0 Å². The van der Waals surface area contributed by atoms with Crippen LogP contribution in [0.15, 0.2) is 75.0 Å². The number of benzene rings is 3. The molecule has 8 nitrogen and oxygen atoms in total. The highest BCUT2D eigenvalue weighted by atomic mass is 79.9. The van der Waals surface area contributed by atoms with Gasteiger partial charge in [-0.2, -0.15) is 9.78 Å². The third-order valence-corrected chi connectivity index (χ3v) is 7.11. The number of hydrogen-bond donors (Lipinski definition) is 0. The molecule has 0 atom stereocenters. The second-order valence-corrected chi connectivity index (χ2v) is 10.1. The molecule has 1 aromatic heterocycles. The van der Waals surface area contributed by atoms with Gasteiger partial charge in [-0.25, -0.2) is 9.37 Å². The van der Waals surface area contributed by atoms with Crippen molar-refractivity contribution < 1.29 is 14.1 Å². The predicted octanol–water partition coefficient (Wildman–Crippen LogP) is 6.72. The fourth-order valence-electron chi connectivity index (χ4n) is 4.65. The maximum atomic E-state index is 13.5. The molecule has 5 rings (SSSR count). The van der Waals surface area contributed by atoms with E-state index in [9.17, 15) is 19.3 Å². The molecule has 0 N–H and O–H groups in total. The number of nitro benzene ring substituents is 1. The van der Waals surface area contributed by atoms with Gasteiger partial charge in [-0.15, -0.1) is 0 Å². The van der Waals surface area contributed by atoms with E-state index in [1.54, 1.807) is 24.3 Å². The molecule has 1 fully saturated rings. The van der Waals surface area contributed by atoms with Gasteiger partial charge in [-0.1, -0.05) is 47.3 Å². The topological polar surface area (TPSA) is 99.6 Å². The Hall–Kier alpha value is -3.92. The van der Waals surface area contributed by atoms with Crippen LogP contribution in [-0.2, 0) is 6.61 Å². The van der Waals surface area contributed by atoms with E-state index >= 15 is 0 Å². The van der Waals surface area contributed by atoms with Crippen molar-refractivity contribution >= 4 is 38.7 Å². The first-order chi connectivity index (χ1) is 18.4. The SMILES string of the molecule is O=c1c2cc(Br)ccc2nc(C2CCCCC2)n1N=Cc1ccc(OCc2ccc(F)cc2)c([N+](=O)[O-])c1. The Kier molecular flexibility index (Phi) is 7.59. The van der Waals surface area contributed by atoms with E-state index in [-0.39, 0.29) is 35.3 Å². The molecule has 0 unspecified atom stereocenters. The number of halogens is 2. The number of fused-ring (bicyclic) bond motifs is 1. The first-order valence-corrected chi connectivity index (χ1v) is 13.1. The third kappa shape index (κ3) is 5.65. The smallest absolute Gasteiger partial charge is 0.311 e. The van der Waals surface area contributed by atoms with Crippen LogP contribution in [0.25, 0.3) is 10.9 Å². The van der Waals surface area contributed by atoms with Gasteiger partial charge in [0.1, 0.15) is 18.2 Å². The van der Waals surface area contributed by atoms with E-state index in [2.05, 4.69) is 21.0 Å². The molecule has 0 aliphatic heterocycles. The van der Waals surface area contributed by atoms with E-state index < -0.39 is 4.92 Å². The number of rotatable bonds is 7. The summed E-state index contributed by atoms with van der Waals surface area (Å²) in [6.45, 7) is 0.0486. The van der Waals surface area contributed by atoms with Gasteiger partial charge in [-0.3, -0.25) is 14.9 Å². The molecule has 0 amide bonds. The van der Waals surface area contributed by atoms with Crippen molar-refractivity contribution in [2.45, 2.75) is 44.6 Å². The van der Waals surface area contributed by atoms with Crippen molar-refractivity contribution in [1.29, 1.82) is 0 Å². The largest absolute Gasteiger partial charge is 0.482 e. The quantitative estimate of drug-likeness (QED) is 0.138. The standard InChI is InChI=1S/C28H24BrFN4O4/c29-21-9-12-24-23(15-21)28(35)33(27(32-24)20-4-2-1-3-5-20)31-16-19-8-13-26(25(14-19)34(36)37)38-17-18-6-10-22(30)11-7-18/h6-16,20H,1-5,17H2. The molecular formula is C28H24BrFN4O4. The molecule has 4 aromatic rings. The van der Waals surface area contributed by atoms with Crippen LogP contribution in [-0.4, -0.2) is 20.8 Å². The second kappa shape index (κ2) is 11.2. The average Bonchev–Trinajstić information content (AvgIpc) is 2.93. The summed E-state index contributed by atoms with van der Waals surface area (Å²) in [7, 11) is 0. The van der Waals surface area contributed by atoms with Gasteiger partial charge in [0.25, 0.3) is 5.56 Å². The third-order valence-electron chi connectivity index (χ3n) is 6.61. The summed E-state index contributed by atoms with van der Waals surface area (Å²) in [5.74, 6) is 0.421. The lowest BCUT2D eigenvalue weighted by molar-refractivity contribution is -0.385. The molecule has 0 spiro atoms. The maximum absolute atomic E-state index is 13.5. The zero-order valence-electron chi connectivity index (χ0n) is 20.3. The molecule has 1 heterocycles. The summed E-state index contributed by atoms with van der Waals surface area (Å²) in [4.78, 5) is 29.5. The second-order valence-electron chi connectivity index (χ2n) is 9.23. The van der Waals surface area contributed by atoms with Crippen LogP contribution >= 0.6 is 15.9 Å². The Morgan fingerprint density at radius 2 is 1.87 bits per heavy atom. The zero-order valence-corrected chi connectivity index (χ0v) is 21.9. The van der Waals surface area contributed by atoms with Gasteiger partial charge in [-0.05, 0) is 60.9 Å². The summed E-state index contributed by atoms with van der Waals surface area (Å²) in [5, 5.41) is 16.7. The Morgan fingerprint density at radius 1 is 1.11 bits per heavy atom. The van der Waals surface area contributed by atoms with Crippen LogP contribution in [0, 0.1) is 15.9 Å². The number of nitro groups is 1. The molecule has 1 aliphatic carbocycles. The zero-order chi connectivity index (χ0) is 26.6. The first kappa shape index (κ1) is 25.7. The minimum Gasteiger partial charge on any atom is -0.482 e. The molecule has 38 heavy (non-hydrogen) atoms. The Morgan fingerprint density at radius 3 is 2.61 bits per heavy atom. The lowest BCUT2D eigenvalue weighted by Crippen LogP contribution is -2.25. The average molecular weight is 579 g/mol. The van der Waals surface area contributed by atoms with Crippen molar-refractivity contribution in [3.05, 3.63) is 108 Å². The highest BCUT2D eigenvalue weighted by molar-refractivity contribution is 9.10. The molecule has 194 valence electrons. The van der Waals surface area contributed by atoms with E-state index in [4.69, 9.17) is 9.72 Å². The van der Waals surface area contributed by atoms with E-state index in [1.165, 1.54) is 35.2 Å². The van der Waals surface area contributed by atoms with Gasteiger partial charge < -0.3 is 4.74 Å². The first-order valence-electron chi connectivity index (χ1n) is 12.3. The van der Waals surface area contributed by atoms with Crippen molar-refractivity contribution in [2.75, 3.05) is 0 Å². The van der Waals surface area contributed by atoms with E-state index in [1.807, 2.05) is 12.1 Å². The van der Waals surface area contributed by atoms with Crippen molar-refractivity contribution in [2.24, 2.45) is 5.10 Å². The van der Waals surface area contributed by atoms with Crippen LogP contribution in [0.1, 0.15) is 55.0 Å². The van der Waals surface area contributed by atoms with Crippen LogP contribution in [0.4, 0.5) is 10.1 Å². The highest BCUT2D eigenvalue weighted by Gasteiger charge is 2.23. The molecule has 0 bridgehead atoms. The Labute approximate surface area is 226 Å². The summed E-state index contributed by atoms with van der Waals surface area (Å²) < 4.78 is 20.9. The summed E-state index contributed by atoms with van der Waals surface area (Å²) in [6.07, 6.45) is 6.56. The fourth-order valence-corrected chi connectivity index (χ4v) is 5.01. The minimum absolute atomic E-state index is 0.0486. The van der Waals surface area contributed by atoms with Crippen molar-refractivity contribution in [3.8, 4) is 5.75 Å². The lowest BCUT2D eigenvalue weighted by atomic mass is 9.88. The summed E-state index contributed by atoms with van der Waals surface area (Å²) >= 11 is 3.41. The van der Waals surface area contributed by atoms with Crippen LogP contribution in [0.3, 0.4) is 0 Å². The van der Waals surface area contributed by atoms with Crippen molar-refractivity contribution in [1.82, 2.24) is 9.66 Å². The Balaban J connectivity index is 1.48. The van der Waals surface area contributed by atoms with Crippen LogP contribution in [0.2, 0.25) is 0 Å². The summed E-state index contributed by atoms with van der Waals surface area (Å²) in [6, 6.07) is 15.6. The summed E-state index contributed by atoms with van der Waals surface area (Å²) in [5.41, 5.74) is 1.19. The van der Waals surface area contributed by atoms with Gasteiger partial charge >= 0.3 is 5.69 Å². The number of ether oxygens (including phenoxy) is 1. The molecule has 1 aliphatic rings. The van der Waals surface area contributed by atoms with Crippen LogP contribution in [0.5, 0.6) is 5.75 Å². The fraction of sp³-hybridized carbons (Fsp3) is 0.250. The molecule has 10 heteroatoms. The number of nitrogens with zero attached hydrogens (tertiary/aromatic N) is 4. The highest BCUT2D eigenvalue weighted by Crippen LogP contribution is 2.32. The minimum atomic E-state index is -0.536. The van der Waals surface area contributed by atoms with Gasteiger partial charge in [0, 0.05) is 22.0 Å². The van der Waals surface area contributed by atoms with Crippen LogP contribution < -0.4 is 10.3 Å². The molecule has 3 aromatic carbocycles. The van der Waals surface area contributed by atoms with E-state index in [0.29, 0.717) is 27.9 Å². The molecule has 1 saturated carbocycles. The molecule has 0 saturated heterocycles. The monoisotopic (exact) mass is 578 g/mol. The number of hydrogen-bond acceptors (Lipinski definition) is 6. The normalized spacial score (nSPS) is 14.3. The van der Waals surface area contributed by atoms with E-state index in [0.717, 1.165) is 36.6 Å².